The molecule has 0 saturated heterocycles. The van der Waals surface area contributed by atoms with E-state index in [0.717, 1.165) is 22.4 Å². The van der Waals surface area contributed by atoms with Gasteiger partial charge in [-0.25, -0.2) is 9.97 Å². The van der Waals surface area contributed by atoms with Gasteiger partial charge in [0.2, 0.25) is 5.95 Å². The fourth-order valence-electron chi connectivity index (χ4n) is 2.39. The summed E-state index contributed by atoms with van der Waals surface area (Å²) in [4.78, 5) is 8.96. The molecular formula is C18H21N5O2. The third-order valence-corrected chi connectivity index (χ3v) is 3.62. The lowest BCUT2D eigenvalue weighted by Crippen LogP contribution is -2.01. The zero-order chi connectivity index (χ0) is 17.6. The maximum Gasteiger partial charge on any atom is 0.228 e. The van der Waals surface area contributed by atoms with E-state index in [2.05, 4.69) is 20.4 Å². The normalized spacial score (nSPS) is 10.8. The molecule has 2 aromatic heterocycles. The summed E-state index contributed by atoms with van der Waals surface area (Å²) in [7, 11) is 3.47. The van der Waals surface area contributed by atoms with Gasteiger partial charge < -0.3 is 14.8 Å². The molecule has 3 aromatic rings. The Balaban J connectivity index is 1.77. The van der Waals surface area contributed by atoms with E-state index in [1.54, 1.807) is 11.8 Å². The Hall–Kier alpha value is -2.77. The van der Waals surface area contributed by atoms with Crippen LogP contribution in [-0.2, 0) is 23.1 Å². The number of benzene rings is 1. The van der Waals surface area contributed by atoms with Crippen molar-refractivity contribution < 1.29 is 9.47 Å². The van der Waals surface area contributed by atoms with Crippen molar-refractivity contribution in [2.75, 3.05) is 19.2 Å². The first-order valence-corrected chi connectivity index (χ1v) is 7.92. The second kappa shape index (κ2) is 7.87. The lowest BCUT2D eigenvalue weighted by molar-refractivity contribution is -0.0390. The van der Waals surface area contributed by atoms with Gasteiger partial charge in [0.25, 0.3) is 0 Å². The maximum absolute atomic E-state index is 5.36. The average Bonchev–Trinajstić information content (AvgIpc) is 3.02. The molecule has 7 heteroatoms. The molecule has 0 spiro atoms. The molecule has 1 N–H and O–H groups in total. The fraction of sp³-hybridized carbons (Fsp3) is 0.278. The van der Waals surface area contributed by atoms with Crippen molar-refractivity contribution in [3.05, 3.63) is 53.9 Å². The summed E-state index contributed by atoms with van der Waals surface area (Å²) in [6.45, 7) is 2.80. The van der Waals surface area contributed by atoms with E-state index in [-0.39, 0.29) is 6.79 Å². The van der Waals surface area contributed by atoms with E-state index in [1.807, 2.05) is 56.7 Å². The van der Waals surface area contributed by atoms with Crippen molar-refractivity contribution >= 4 is 11.8 Å². The first-order valence-electron chi connectivity index (χ1n) is 7.92. The molecule has 7 nitrogen and oxygen atoms in total. The Morgan fingerprint density at radius 2 is 1.96 bits per heavy atom. The van der Waals surface area contributed by atoms with Gasteiger partial charge in [-0.15, -0.1) is 0 Å². The van der Waals surface area contributed by atoms with Gasteiger partial charge in [0.15, 0.2) is 5.82 Å². The molecule has 0 aliphatic heterocycles. The molecule has 25 heavy (non-hydrogen) atoms. The second-order valence-electron chi connectivity index (χ2n) is 5.68. The van der Waals surface area contributed by atoms with Crippen LogP contribution in [0, 0.1) is 6.92 Å². The predicted molar refractivity (Wildman–Crippen MR) is 95.4 cm³/mol. The highest BCUT2D eigenvalue weighted by Crippen LogP contribution is 2.23. The van der Waals surface area contributed by atoms with E-state index >= 15 is 0 Å². The molecule has 0 amide bonds. The average molecular weight is 339 g/mol. The largest absolute Gasteiger partial charge is 0.359 e. The molecule has 0 saturated carbocycles. The molecule has 0 atom stereocenters. The summed E-state index contributed by atoms with van der Waals surface area (Å²) < 4.78 is 12.0. The van der Waals surface area contributed by atoms with Gasteiger partial charge in [0, 0.05) is 38.2 Å². The monoisotopic (exact) mass is 339 g/mol. The van der Waals surface area contributed by atoms with Gasteiger partial charge in [-0.1, -0.05) is 24.3 Å². The first kappa shape index (κ1) is 17.1. The maximum atomic E-state index is 5.36. The zero-order valence-electron chi connectivity index (χ0n) is 14.6. The number of nitrogens with zero attached hydrogens (tertiary/aromatic N) is 4. The number of hydrogen-bond acceptors (Lipinski definition) is 6. The van der Waals surface area contributed by atoms with Gasteiger partial charge in [-0.05, 0) is 18.1 Å². The Bertz CT molecular complexity index is 830. The Morgan fingerprint density at radius 3 is 2.64 bits per heavy atom. The lowest BCUT2D eigenvalue weighted by atomic mass is 10.1. The van der Waals surface area contributed by atoms with Crippen molar-refractivity contribution in [3.63, 3.8) is 0 Å². The molecule has 0 fully saturated rings. The number of anilines is 2. The van der Waals surface area contributed by atoms with Crippen LogP contribution in [-0.4, -0.2) is 33.7 Å². The number of rotatable bonds is 7. The highest BCUT2D eigenvalue weighted by molar-refractivity contribution is 5.64. The number of methoxy groups -OCH3 is 1. The van der Waals surface area contributed by atoms with E-state index in [4.69, 9.17) is 9.47 Å². The van der Waals surface area contributed by atoms with Crippen LogP contribution >= 0.6 is 0 Å². The minimum Gasteiger partial charge on any atom is -0.359 e. The Kier molecular flexibility index (Phi) is 5.37. The summed E-state index contributed by atoms with van der Waals surface area (Å²) in [5, 5.41) is 7.40. The molecule has 2 heterocycles. The molecule has 3 rings (SSSR count). The molecule has 0 aliphatic rings. The SMILES string of the molecule is COCOCc1ccc(-c2nc(Nc3ccn(C)n3)ncc2C)cc1. The number of aromatic nitrogens is 4. The van der Waals surface area contributed by atoms with Crippen molar-refractivity contribution in [2.45, 2.75) is 13.5 Å². The number of nitrogens with one attached hydrogen (secondary N) is 1. The number of hydrogen-bond donors (Lipinski definition) is 1. The standard InChI is InChI=1S/C18H21N5O2/c1-13-10-19-18(20-16-8-9-23(2)22-16)21-17(13)15-6-4-14(5-7-15)11-25-12-24-3/h4-10H,11-12H2,1-3H3,(H,19,20,21,22). The second-order valence-corrected chi connectivity index (χ2v) is 5.68. The topological polar surface area (TPSA) is 74.1 Å². The highest BCUT2D eigenvalue weighted by Gasteiger charge is 2.08. The van der Waals surface area contributed by atoms with Gasteiger partial charge in [0.05, 0.1) is 12.3 Å². The summed E-state index contributed by atoms with van der Waals surface area (Å²) in [6, 6.07) is 9.99. The smallest absolute Gasteiger partial charge is 0.228 e. The molecule has 1 aromatic carbocycles. The summed E-state index contributed by atoms with van der Waals surface area (Å²) in [6.07, 6.45) is 3.67. The predicted octanol–water partition coefficient (Wildman–Crippen LogP) is 3.05. The molecule has 0 unspecified atom stereocenters. The minimum atomic E-state index is 0.287. The molecular weight excluding hydrogens is 318 g/mol. The van der Waals surface area contributed by atoms with Crippen LogP contribution in [0.5, 0.6) is 0 Å². The van der Waals surface area contributed by atoms with Crippen molar-refractivity contribution in [1.82, 2.24) is 19.7 Å². The van der Waals surface area contributed by atoms with E-state index < -0.39 is 0 Å². The van der Waals surface area contributed by atoms with Gasteiger partial charge >= 0.3 is 0 Å². The van der Waals surface area contributed by atoms with Crippen LogP contribution in [0.25, 0.3) is 11.3 Å². The quantitative estimate of drug-likeness (QED) is 0.527. The fourth-order valence-corrected chi connectivity index (χ4v) is 2.39. The van der Waals surface area contributed by atoms with Crippen LogP contribution in [0.1, 0.15) is 11.1 Å². The van der Waals surface area contributed by atoms with E-state index in [1.165, 1.54) is 0 Å². The van der Waals surface area contributed by atoms with Gasteiger partial charge in [-0.2, -0.15) is 5.10 Å². The van der Waals surface area contributed by atoms with Crippen molar-refractivity contribution in [3.8, 4) is 11.3 Å². The van der Waals surface area contributed by atoms with Crippen LogP contribution in [0.4, 0.5) is 11.8 Å². The Labute approximate surface area is 146 Å². The zero-order valence-corrected chi connectivity index (χ0v) is 14.6. The summed E-state index contributed by atoms with van der Waals surface area (Å²) >= 11 is 0. The molecule has 0 aliphatic carbocycles. The van der Waals surface area contributed by atoms with Crippen molar-refractivity contribution in [2.24, 2.45) is 7.05 Å². The van der Waals surface area contributed by atoms with Crippen LogP contribution < -0.4 is 5.32 Å². The highest BCUT2D eigenvalue weighted by atomic mass is 16.7. The third kappa shape index (κ3) is 4.40. The van der Waals surface area contributed by atoms with Crippen LogP contribution in [0.2, 0.25) is 0 Å². The van der Waals surface area contributed by atoms with Gasteiger partial charge in [0.1, 0.15) is 6.79 Å². The molecule has 0 bridgehead atoms. The lowest BCUT2D eigenvalue weighted by Gasteiger charge is -2.09. The van der Waals surface area contributed by atoms with E-state index in [0.29, 0.717) is 18.4 Å². The van der Waals surface area contributed by atoms with Crippen LogP contribution in [0.3, 0.4) is 0 Å². The summed E-state index contributed by atoms with van der Waals surface area (Å²) in [5.41, 5.74) is 4.01. The molecule has 0 radical (unpaired) electrons. The van der Waals surface area contributed by atoms with E-state index in [9.17, 15) is 0 Å². The number of aryl methyl sites for hydroxylation is 2. The Morgan fingerprint density at radius 1 is 1.16 bits per heavy atom. The molecule has 130 valence electrons. The first-order chi connectivity index (χ1) is 12.2. The number of ether oxygens (including phenoxy) is 2. The summed E-state index contributed by atoms with van der Waals surface area (Å²) in [5.74, 6) is 1.23. The van der Waals surface area contributed by atoms with Gasteiger partial charge in [-0.3, -0.25) is 4.68 Å². The minimum absolute atomic E-state index is 0.287. The van der Waals surface area contributed by atoms with Crippen LogP contribution in [0.15, 0.2) is 42.7 Å². The third-order valence-electron chi connectivity index (χ3n) is 3.62. The van der Waals surface area contributed by atoms with Crippen molar-refractivity contribution in [1.29, 1.82) is 0 Å².